The zero-order valence-electron chi connectivity index (χ0n) is 11.2. The maximum atomic E-state index is 6.45. The molecule has 1 fully saturated rings. The Morgan fingerprint density at radius 3 is 2.95 bits per heavy atom. The maximum Gasteiger partial charge on any atom is 0.263 e. The summed E-state index contributed by atoms with van der Waals surface area (Å²) in [6.07, 6.45) is 5.70. The van der Waals surface area contributed by atoms with Gasteiger partial charge in [0.15, 0.2) is 5.82 Å². The van der Waals surface area contributed by atoms with E-state index in [2.05, 4.69) is 22.2 Å². The minimum atomic E-state index is -0.468. The van der Waals surface area contributed by atoms with Gasteiger partial charge >= 0.3 is 0 Å². The van der Waals surface area contributed by atoms with Gasteiger partial charge in [0.05, 0.1) is 11.7 Å². The van der Waals surface area contributed by atoms with Crippen molar-refractivity contribution in [1.29, 1.82) is 0 Å². The molecule has 102 valence electrons. The van der Waals surface area contributed by atoms with Crippen molar-refractivity contribution in [2.45, 2.75) is 45.1 Å². The van der Waals surface area contributed by atoms with E-state index >= 15 is 0 Å². The Balaban J connectivity index is 1.91. The van der Waals surface area contributed by atoms with Gasteiger partial charge in [-0.25, -0.2) is 0 Å². The van der Waals surface area contributed by atoms with Crippen LogP contribution in [-0.2, 0) is 5.54 Å². The molecule has 0 radical (unpaired) electrons. The average molecular weight is 262 g/mol. The lowest BCUT2D eigenvalue weighted by Crippen LogP contribution is -2.42. The van der Waals surface area contributed by atoms with Crippen LogP contribution in [0.5, 0.6) is 0 Å². The second kappa shape index (κ2) is 4.45. The molecular weight excluding hydrogens is 244 g/mol. The van der Waals surface area contributed by atoms with Crippen molar-refractivity contribution >= 4 is 0 Å². The summed E-state index contributed by atoms with van der Waals surface area (Å²) in [6.45, 7) is 4.03. The minimum absolute atomic E-state index is 0.428. The third-order valence-electron chi connectivity index (χ3n) is 3.89. The van der Waals surface area contributed by atoms with Gasteiger partial charge in [-0.2, -0.15) is 4.98 Å². The predicted molar refractivity (Wildman–Crippen MR) is 68.0 cm³/mol. The molecule has 19 heavy (non-hydrogen) atoms. The normalized spacial score (nSPS) is 27.6. The molecule has 0 aliphatic heterocycles. The molecule has 6 heteroatoms. The van der Waals surface area contributed by atoms with E-state index in [1.54, 1.807) is 6.20 Å². The van der Waals surface area contributed by atoms with Crippen molar-refractivity contribution in [3.05, 3.63) is 17.8 Å². The number of aryl methyl sites for hydroxylation is 1. The molecule has 0 spiro atoms. The van der Waals surface area contributed by atoms with Crippen molar-refractivity contribution < 1.29 is 9.05 Å². The minimum Gasteiger partial charge on any atom is -0.361 e. The standard InChI is InChI=1S/C13H18N4O2/c1-8-4-3-5-13(14,6-8)12-16-11(19-17-12)10-7-15-18-9(10)2/h7-8H,3-6,14H2,1-2H3. The van der Waals surface area contributed by atoms with Gasteiger partial charge in [-0.3, -0.25) is 0 Å². The van der Waals surface area contributed by atoms with Crippen LogP contribution in [0.1, 0.15) is 44.2 Å². The van der Waals surface area contributed by atoms with E-state index in [0.29, 0.717) is 23.4 Å². The highest BCUT2D eigenvalue weighted by Gasteiger charge is 2.37. The van der Waals surface area contributed by atoms with Gasteiger partial charge in [0.2, 0.25) is 0 Å². The summed E-state index contributed by atoms with van der Waals surface area (Å²) in [7, 11) is 0. The third kappa shape index (κ3) is 2.16. The van der Waals surface area contributed by atoms with Crippen LogP contribution in [0.15, 0.2) is 15.2 Å². The quantitative estimate of drug-likeness (QED) is 0.893. The Morgan fingerprint density at radius 1 is 1.42 bits per heavy atom. The maximum absolute atomic E-state index is 6.45. The SMILES string of the molecule is Cc1oncc1-c1nc(C2(N)CCCC(C)C2)no1. The number of rotatable bonds is 2. The van der Waals surface area contributed by atoms with Gasteiger partial charge in [-0.05, 0) is 25.7 Å². The van der Waals surface area contributed by atoms with Crippen molar-refractivity contribution in [3.8, 4) is 11.5 Å². The van der Waals surface area contributed by atoms with E-state index in [1.165, 1.54) is 6.42 Å². The molecule has 0 saturated heterocycles. The molecular formula is C13H18N4O2. The van der Waals surface area contributed by atoms with E-state index in [9.17, 15) is 0 Å². The molecule has 2 unspecified atom stereocenters. The monoisotopic (exact) mass is 262 g/mol. The number of nitrogens with zero attached hydrogens (tertiary/aromatic N) is 3. The Kier molecular flexibility index (Phi) is 2.89. The van der Waals surface area contributed by atoms with Crippen LogP contribution in [0.4, 0.5) is 0 Å². The van der Waals surface area contributed by atoms with E-state index < -0.39 is 5.54 Å². The summed E-state index contributed by atoms with van der Waals surface area (Å²) in [6, 6.07) is 0. The molecule has 0 amide bonds. The highest BCUT2D eigenvalue weighted by molar-refractivity contribution is 5.53. The smallest absolute Gasteiger partial charge is 0.263 e. The van der Waals surface area contributed by atoms with E-state index in [4.69, 9.17) is 14.8 Å². The molecule has 2 atom stereocenters. The van der Waals surface area contributed by atoms with Crippen molar-refractivity contribution in [1.82, 2.24) is 15.3 Å². The van der Waals surface area contributed by atoms with Gasteiger partial charge in [-0.1, -0.05) is 30.1 Å². The predicted octanol–water partition coefficient (Wildman–Crippen LogP) is 2.40. The first-order valence-electron chi connectivity index (χ1n) is 6.63. The molecule has 2 aromatic heterocycles. The Bertz CT molecular complexity index is 577. The van der Waals surface area contributed by atoms with Crippen LogP contribution < -0.4 is 5.73 Å². The average Bonchev–Trinajstić information content (AvgIpc) is 2.96. The highest BCUT2D eigenvalue weighted by atomic mass is 16.5. The van der Waals surface area contributed by atoms with Crippen LogP contribution in [0.25, 0.3) is 11.5 Å². The van der Waals surface area contributed by atoms with Gasteiger partial charge in [0.1, 0.15) is 11.3 Å². The Hall–Kier alpha value is -1.69. The first-order valence-corrected chi connectivity index (χ1v) is 6.63. The Morgan fingerprint density at radius 2 is 2.26 bits per heavy atom. The number of hydrogen-bond acceptors (Lipinski definition) is 6. The summed E-state index contributed by atoms with van der Waals surface area (Å²) in [5.74, 6) is 2.28. The number of aromatic nitrogens is 3. The van der Waals surface area contributed by atoms with Crippen LogP contribution >= 0.6 is 0 Å². The zero-order chi connectivity index (χ0) is 13.5. The fourth-order valence-electron chi connectivity index (χ4n) is 2.83. The van der Waals surface area contributed by atoms with E-state index in [-0.39, 0.29) is 0 Å². The van der Waals surface area contributed by atoms with Gasteiger partial charge in [0, 0.05) is 0 Å². The highest BCUT2D eigenvalue weighted by Crippen LogP contribution is 2.37. The molecule has 1 aliphatic carbocycles. The molecule has 6 nitrogen and oxygen atoms in total. The second-order valence-electron chi connectivity index (χ2n) is 5.58. The van der Waals surface area contributed by atoms with E-state index in [1.807, 2.05) is 6.92 Å². The van der Waals surface area contributed by atoms with Gasteiger partial charge in [-0.15, -0.1) is 0 Å². The lowest BCUT2D eigenvalue weighted by Gasteiger charge is -2.33. The van der Waals surface area contributed by atoms with Crippen LogP contribution in [-0.4, -0.2) is 15.3 Å². The van der Waals surface area contributed by atoms with Gasteiger partial charge in [0.25, 0.3) is 5.89 Å². The van der Waals surface area contributed by atoms with Gasteiger partial charge < -0.3 is 14.8 Å². The lowest BCUT2D eigenvalue weighted by atomic mass is 9.76. The largest absolute Gasteiger partial charge is 0.361 e. The Labute approximate surface area is 111 Å². The number of hydrogen-bond donors (Lipinski definition) is 1. The van der Waals surface area contributed by atoms with Crippen molar-refractivity contribution in [2.24, 2.45) is 11.7 Å². The first-order chi connectivity index (χ1) is 9.08. The zero-order valence-corrected chi connectivity index (χ0v) is 11.2. The molecule has 1 saturated carbocycles. The molecule has 0 bridgehead atoms. The lowest BCUT2D eigenvalue weighted by molar-refractivity contribution is 0.222. The molecule has 2 aromatic rings. The molecule has 1 aliphatic rings. The van der Waals surface area contributed by atoms with Crippen molar-refractivity contribution in [2.75, 3.05) is 0 Å². The summed E-state index contributed by atoms with van der Waals surface area (Å²) in [5, 5.41) is 7.78. The molecule has 2 heterocycles. The summed E-state index contributed by atoms with van der Waals surface area (Å²) >= 11 is 0. The fourth-order valence-corrected chi connectivity index (χ4v) is 2.83. The van der Waals surface area contributed by atoms with Crippen LogP contribution in [0.3, 0.4) is 0 Å². The third-order valence-corrected chi connectivity index (χ3v) is 3.89. The van der Waals surface area contributed by atoms with Crippen LogP contribution in [0.2, 0.25) is 0 Å². The molecule has 0 aromatic carbocycles. The summed E-state index contributed by atoms with van der Waals surface area (Å²) in [5.41, 5.74) is 6.71. The fraction of sp³-hybridized carbons (Fsp3) is 0.615. The second-order valence-corrected chi connectivity index (χ2v) is 5.58. The number of nitrogens with two attached hydrogens (primary N) is 1. The molecule has 2 N–H and O–H groups in total. The first kappa shape index (κ1) is 12.3. The van der Waals surface area contributed by atoms with E-state index in [0.717, 1.165) is 24.8 Å². The summed E-state index contributed by atoms with van der Waals surface area (Å²) < 4.78 is 10.3. The van der Waals surface area contributed by atoms with Crippen molar-refractivity contribution in [3.63, 3.8) is 0 Å². The van der Waals surface area contributed by atoms with Crippen LogP contribution in [0, 0.1) is 12.8 Å². The molecule has 3 rings (SSSR count). The topological polar surface area (TPSA) is 91.0 Å². The summed E-state index contributed by atoms with van der Waals surface area (Å²) in [4.78, 5) is 4.44.